The molecule has 2 N–H and O–H groups in total. The van der Waals surface area contributed by atoms with Crippen molar-refractivity contribution in [3.63, 3.8) is 0 Å². The number of carbonyl (C=O) groups is 2. The maximum atomic E-state index is 13.1. The average Bonchev–Trinajstić information content (AvgIpc) is 2.78. The van der Waals surface area contributed by atoms with Crippen LogP contribution in [0.2, 0.25) is 0 Å². The van der Waals surface area contributed by atoms with Crippen molar-refractivity contribution in [2.24, 2.45) is 0 Å². The van der Waals surface area contributed by atoms with Gasteiger partial charge in [-0.15, -0.1) is 0 Å². The van der Waals surface area contributed by atoms with Crippen molar-refractivity contribution in [3.05, 3.63) is 53.1 Å². The lowest BCUT2D eigenvalue weighted by molar-refractivity contribution is -0.121. The molecule has 33 heavy (non-hydrogen) atoms. The Labute approximate surface area is 193 Å². The maximum absolute atomic E-state index is 13.1. The lowest BCUT2D eigenvalue weighted by Gasteiger charge is -2.28. The molecular weight excluding hydrogens is 444 g/mol. The largest absolute Gasteiger partial charge is 0.482 e. The minimum Gasteiger partial charge on any atom is -0.482 e. The molecule has 2 heterocycles. The van der Waals surface area contributed by atoms with Gasteiger partial charge < -0.3 is 15.4 Å². The molecule has 0 atom stereocenters. The summed E-state index contributed by atoms with van der Waals surface area (Å²) in [5, 5.41) is 5.47. The molecule has 0 saturated heterocycles. The summed E-state index contributed by atoms with van der Waals surface area (Å²) in [6.07, 6.45) is 0.985. The highest BCUT2D eigenvalue weighted by molar-refractivity contribution is 7.89. The lowest BCUT2D eigenvalue weighted by atomic mass is 10.00. The molecule has 4 rings (SSSR count). The minimum atomic E-state index is -3.92. The van der Waals surface area contributed by atoms with Gasteiger partial charge in [0.15, 0.2) is 6.61 Å². The molecule has 2 amide bonds. The number of hydrogen-bond donors (Lipinski definition) is 2. The summed E-state index contributed by atoms with van der Waals surface area (Å²) in [5.74, 6) is -0.364. The number of hydrogen-bond acceptors (Lipinski definition) is 6. The number of anilines is 1. The van der Waals surface area contributed by atoms with Crippen molar-refractivity contribution >= 4 is 27.5 Å². The van der Waals surface area contributed by atoms with Crippen LogP contribution in [0.4, 0.5) is 5.69 Å². The van der Waals surface area contributed by atoms with Crippen LogP contribution < -0.4 is 15.4 Å². The molecule has 0 saturated carbocycles. The number of nitrogens with one attached hydrogen (secondary N) is 2. The second-order valence-corrected chi connectivity index (χ2v) is 10.4. The fourth-order valence-electron chi connectivity index (χ4n) is 4.10. The van der Waals surface area contributed by atoms with Crippen LogP contribution in [0.3, 0.4) is 0 Å². The fourth-order valence-corrected chi connectivity index (χ4v) is 5.45. The summed E-state index contributed by atoms with van der Waals surface area (Å²) >= 11 is 0. The van der Waals surface area contributed by atoms with Crippen LogP contribution >= 0.6 is 0 Å². The van der Waals surface area contributed by atoms with E-state index in [1.165, 1.54) is 24.2 Å². The Bertz CT molecular complexity index is 1180. The van der Waals surface area contributed by atoms with Gasteiger partial charge in [0.1, 0.15) is 5.75 Å². The number of ether oxygens (including phenoxy) is 1. The standard InChI is InChI=1S/C23H28N4O5S/c1-16-11-19-20(32-15-23(29)25-19)12-21(16)33(30,31)26(2)14-22(28)24-8-10-27-9-7-17-5-3-4-6-18(17)13-27/h3-6,11-12H,7-10,13-15H2,1-2H3,(H,24,28)(H,25,29). The Morgan fingerprint density at radius 2 is 2.00 bits per heavy atom. The smallest absolute Gasteiger partial charge is 0.262 e. The number of carbonyl (C=O) groups excluding carboxylic acids is 2. The number of likely N-dealkylation sites (N-methyl/N-ethyl adjacent to an activating group) is 1. The van der Waals surface area contributed by atoms with E-state index in [1.807, 2.05) is 6.07 Å². The molecule has 0 unspecified atom stereocenters. The van der Waals surface area contributed by atoms with E-state index in [4.69, 9.17) is 4.74 Å². The Hall–Kier alpha value is -2.95. The van der Waals surface area contributed by atoms with Crippen LogP contribution in [0.15, 0.2) is 41.3 Å². The van der Waals surface area contributed by atoms with Crippen molar-refractivity contribution in [1.82, 2.24) is 14.5 Å². The zero-order chi connectivity index (χ0) is 23.6. The fraction of sp³-hybridized carbons (Fsp3) is 0.391. The molecular formula is C23H28N4O5S. The average molecular weight is 473 g/mol. The molecule has 10 heteroatoms. The predicted molar refractivity (Wildman–Crippen MR) is 124 cm³/mol. The number of benzene rings is 2. The van der Waals surface area contributed by atoms with E-state index in [2.05, 4.69) is 33.7 Å². The van der Waals surface area contributed by atoms with Gasteiger partial charge in [0.25, 0.3) is 5.91 Å². The van der Waals surface area contributed by atoms with Crippen LogP contribution in [0.25, 0.3) is 0 Å². The Balaban J connectivity index is 1.32. The van der Waals surface area contributed by atoms with E-state index < -0.39 is 10.0 Å². The van der Waals surface area contributed by atoms with Gasteiger partial charge in [0.05, 0.1) is 17.1 Å². The second kappa shape index (κ2) is 9.50. The highest BCUT2D eigenvalue weighted by Gasteiger charge is 2.28. The molecule has 0 aromatic heterocycles. The summed E-state index contributed by atoms with van der Waals surface area (Å²) in [6, 6.07) is 11.3. The first-order valence-corrected chi connectivity index (χ1v) is 12.3. The number of amides is 2. The predicted octanol–water partition coefficient (Wildman–Crippen LogP) is 1.12. The first-order valence-electron chi connectivity index (χ1n) is 10.8. The molecule has 0 aliphatic carbocycles. The van der Waals surface area contributed by atoms with E-state index in [0.717, 1.165) is 23.8 Å². The summed E-state index contributed by atoms with van der Waals surface area (Å²) in [5.41, 5.74) is 3.57. The molecule has 0 radical (unpaired) electrons. The number of fused-ring (bicyclic) bond motifs is 2. The SMILES string of the molecule is Cc1cc2c(cc1S(=O)(=O)N(C)CC(=O)NCCN1CCc3ccccc3C1)OCC(=O)N2. The highest BCUT2D eigenvalue weighted by Crippen LogP contribution is 2.33. The third kappa shape index (κ3) is 5.18. The van der Waals surface area contributed by atoms with Gasteiger partial charge in [-0.3, -0.25) is 14.5 Å². The normalized spacial score (nSPS) is 15.9. The Morgan fingerprint density at radius 3 is 2.79 bits per heavy atom. The van der Waals surface area contributed by atoms with Gasteiger partial charge in [-0.1, -0.05) is 24.3 Å². The summed E-state index contributed by atoms with van der Waals surface area (Å²) in [7, 11) is -2.55. The van der Waals surface area contributed by atoms with E-state index in [9.17, 15) is 18.0 Å². The molecule has 176 valence electrons. The summed E-state index contributed by atoms with van der Waals surface area (Å²) in [4.78, 5) is 26.2. The number of nitrogens with zero attached hydrogens (tertiary/aromatic N) is 2. The van der Waals surface area contributed by atoms with Gasteiger partial charge in [-0.2, -0.15) is 4.31 Å². The molecule has 0 spiro atoms. The molecule has 2 aliphatic heterocycles. The minimum absolute atomic E-state index is 0.0414. The summed E-state index contributed by atoms with van der Waals surface area (Å²) in [6.45, 7) is 4.10. The van der Waals surface area contributed by atoms with Crippen molar-refractivity contribution < 1.29 is 22.7 Å². The first kappa shape index (κ1) is 23.2. The zero-order valence-electron chi connectivity index (χ0n) is 18.8. The van der Waals surface area contributed by atoms with Crippen molar-refractivity contribution in [3.8, 4) is 5.75 Å². The first-order chi connectivity index (χ1) is 15.7. The van der Waals surface area contributed by atoms with Crippen LogP contribution in [-0.2, 0) is 32.6 Å². The van der Waals surface area contributed by atoms with Gasteiger partial charge in [0.2, 0.25) is 15.9 Å². The van der Waals surface area contributed by atoms with Crippen LogP contribution in [0.1, 0.15) is 16.7 Å². The molecule has 0 bridgehead atoms. The topological polar surface area (TPSA) is 108 Å². The van der Waals surface area contributed by atoms with Gasteiger partial charge in [-0.25, -0.2) is 8.42 Å². The van der Waals surface area contributed by atoms with E-state index in [1.54, 1.807) is 13.0 Å². The van der Waals surface area contributed by atoms with Gasteiger partial charge >= 0.3 is 0 Å². The number of sulfonamides is 1. The number of aryl methyl sites for hydroxylation is 1. The van der Waals surface area contributed by atoms with Crippen molar-refractivity contribution in [1.29, 1.82) is 0 Å². The molecule has 2 aliphatic rings. The quantitative estimate of drug-likeness (QED) is 0.625. The monoisotopic (exact) mass is 472 g/mol. The van der Waals surface area contributed by atoms with Crippen LogP contribution in [0, 0.1) is 6.92 Å². The Morgan fingerprint density at radius 1 is 1.24 bits per heavy atom. The second-order valence-electron chi connectivity index (χ2n) is 8.36. The summed E-state index contributed by atoms with van der Waals surface area (Å²) < 4.78 is 32.5. The zero-order valence-corrected chi connectivity index (χ0v) is 19.6. The Kier molecular flexibility index (Phi) is 6.68. The van der Waals surface area contributed by atoms with Crippen LogP contribution in [0.5, 0.6) is 5.75 Å². The van der Waals surface area contributed by atoms with Crippen LogP contribution in [-0.4, -0.2) is 69.3 Å². The molecule has 2 aromatic rings. The maximum Gasteiger partial charge on any atom is 0.262 e. The third-order valence-electron chi connectivity index (χ3n) is 5.92. The van der Waals surface area contributed by atoms with E-state index in [0.29, 0.717) is 30.1 Å². The van der Waals surface area contributed by atoms with Gasteiger partial charge in [0, 0.05) is 39.3 Å². The molecule has 9 nitrogen and oxygen atoms in total. The van der Waals surface area contributed by atoms with Gasteiger partial charge in [-0.05, 0) is 36.1 Å². The van der Waals surface area contributed by atoms with Crippen molar-refractivity contribution in [2.45, 2.75) is 24.8 Å². The van der Waals surface area contributed by atoms with E-state index in [-0.39, 0.29) is 29.9 Å². The molecule has 2 aromatic carbocycles. The molecule has 0 fully saturated rings. The third-order valence-corrected chi connectivity index (χ3v) is 7.87. The van der Waals surface area contributed by atoms with Crippen molar-refractivity contribution in [2.75, 3.05) is 45.2 Å². The number of rotatable bonds is 7. The highest BCUT2D eigenvalue weighted by atomic mass is 32.2. The lowest BCUT2D eigenvalue weighted by Crippen LogP contribution is -2.42. The van der Waals surface area contributed by atoms with E-state index >= 15 is 0 Å².